The Balaban J connectivity index is 2.21. The highest BCUT2D eigenvalue weighted by molar-refractivity contribution is 14.1. The van der Waals surface area contributed by atoms with E-state index in [-0.39, 0.29) is 0 Å². The summed E-state index contributed by atoms with van der Waals surface area (Å²) in [5.74, 6) is 0.994. The van der Waals surface area contributed by atoms with Crippen molar-refractivity contribution in [2.45, 2.75) is 38.6 Å². The molecule has 1 fully saturated rings. The normalized spacial score (nSPS) is 32.2. The molecule has 1 rings (SSSR count). The van der Waals surface area contributed by atoms with Gasteiger partial charge in [-0.25, -0.2) is 0 Å². The molecule has 0 aromatic rings. The van der Waals surface area contributed by atoms with Crippen LogP contribution in [0.15, 0.2) is 0 Å². The van der Waals surface area contributed by atoms with Gasteiger partial charge in [-0.15, -0.1) is 0 Å². The summed E-state index contributed by atoms with van der Waals surface area (Å²) < 4.78 is 1.35. The molecule has 0 bridgehead atoms. The van der Waals surface area contributed by atoms with Gasteiger partial charge in [0, 0.05) is 10.5 Å². The summed E-state index contributed by atoms with van der Waals surface area (Å²) in [6.45, 7) is 3.34. The molecule has 0 radical (unpaired) electrons. The van der Waals surface area contributed by atoms with Crippen LogP contribution in [0.4, 0.5) is 0 Å². The average Bonchev–Trinajstić information content (AvgIpc) is 2.06. The van der Waals surface area contributed by atoms with Crippen LogP contribution in [0, 0.1) is 5.92 Å². The summed E-state index contributed by atoms with van der Waals surface area (Å²) in [6.07, 6.45) is 5.72. The van der Waals surface area contributed by atoms with Crippen molar-refractivity contribution in [3.63, 3.8) is 0 Å². The summed E-state index contributed by atoms with van der Waals surface area (Å²) >= 11 is 2.52. The minimum atomic E-state index is 0.827. The molecule has 0 saturated heterocycles. The van der Waals surface area contributed by atoms with Crippen LogP contribution in [-0.2, 0) is 0 Å². The first-order chi connectivity index (χ1) is 5.36. The third-order valence-corrected chi connectivity index (χ3v) is 3.74. The lowest BCUT2D eigenvalue weighted by Crippen LogP contribution is -2.34. The van der Waals surface area contributed by atoms with Crippen LogP contribution in [0.1, 0.15) is 32.6 Å². The van der Waals surface area contributed by atoms with Crippen LogP contribution in [0.3, 0.4) is 0 Å². The highest BCUT2D eigenvalue weighted by atomic mass is 127. The third kappa shape index (κ3) is 3.28. The number of nitrogens with one attached hydrogen (secondary N) is 1. The highest BCUT2D eigenvalue weighted by Crippen LogP contribution is 2.25. The van der Waals surface area contributed by atoms with Crippen LogP contribution in [0.25, 0.3) is 0 Å². The van der Waals surface area contributed by atoms with Gasteiger partial charge in [-0.05, 0) is 31.7 Å². The Labute approximate surface area is 83.5 Å². The Morgan fingerprint density at radius 1 is 1.45 bits per heavy atom. The van der Waals surface area contributed by atoms with E-state index >= 15 is 0 Å². The van der Waals surface area contributed by atoms with Crippen molar-refractivity contribution in [2.75, 3.05) is 11.0 Å². The van der Waals surface area contributed by atoms with Crippen molar-refractivity contribution in [1.29, 1.82) is 0 Å². The minimum Gasteiger partial charge on any atom is -0.314 e. The molecular weight excluding hydrogens is 249 g/mol. The predicted octanol–water partition coefficient (Wildman–Crippen LogP) is 2.59. The molecular formula is C9H18IN. The second-order valence-electron chi connectivity index (χ2n) is 3.44. The molecule has 1 aliphatic carbocycles. The van der Waals surface area contributed by atoms with Gasteiger partial charge < -0.3 is 5.32 Å². The topological polar surface area (TPSA) is 12.0 Å². The van der Waals surface area contributed by atoms with Gasteiger partial charge in [0.2, 0.25) is 0 Å². The molecule has 0 amide bonds. The van der Waals surface area contributed by atoms with Gasteiger partial charge >= 0.3 is 0 Å². The molecule has 0 spiro atoms. The first-order valence-corrected chi connectivity index (χ1v) is 6.18. The van der Waals surface area contributed by atoms with Crippen LogP contribution >= 0.6 is 22.6 Å². The molecule has 2 unspecified atom stereocenters. The maximum absolute atomic E-state index is 3.55. The Bertz CT molecular complexity index is 104. The van der Waals surface area contributed by atoms with E-state index < -0.39 is 0 Å². The molecule has 1 nitrogen and oxygen atoms in total. The minimum absolute atomic E-state index is 0.827. The van der Waals surface area contributed by atoms with Crippen molar-refractivity contribution in [3.8, 4) is 0 Å². The lowest BCUT2D eigenvalue weighted by Gasteiger charge is -2.28. The van der Waals surface area contributed by atoms with Gasteiger partial charge in [0.25, 0.3) is 0 Å². The number of alkyl halides is 1. The van der Waals surface area contributed by atoms with E-state index in [2.05, 4.69) is 34.8 Å². The first kappa shape index (κ1) is 9.78. The van der Waals surface area contributed by atoms with Crippen molar-refractivity contribution < 1.29 is 0 Å². The van der Waals surface area contributed by atoms with Crippen LogP contribution < -0.4 is 5.32 Å². The van der Waals surface area contributed by atoms with Gasteiger partial charge in [-0.1, -0.05) is 35.9 Å². The van der Waals surface area contributed by atoms with Gasteiger partial charge in [-0.2, -0.15) is 0 Å². The zero-order valence-electron chi connectivity index (χ0n) is 7.28. The van der Waals surface area contributed by atoms with Gasteiger partial charge in [0.15, 0.2) is 0 Å². The zero-order valence-corrected chi connectivity index (χ0v) is 9.43. The molecule has 1 aliphatic rings. The maximum Gasteiger partial charge on any atom is 0.00698 e. The van der Waals surface area contributed by atoms with Crippen LogP contribution in [0.5, 0.6) is 0 Å². The van der Waals surface area contributed by atoms with Crippen molar-refractivity contribution in [2.24, 2.45) is 5.92 Å². The SMILES string of the molecule is CCNC1CCCC(CI)C1. The Kier molecular flexibility index (Phi) is 4.76. The van der Waals surface area contributed by atoms with E-state index in [1.54, 1.807) is 0 Å². The summed E-state index contributed by atoms with van der Waals surface area (Å²) in [4.78, 5) is 0. The number of rotatable bonds is 3. The Hall–Kier alpha value is 0.690. The lowest BCUT2D eigenvalue weighted by molar-refractivity contribution is 0.312. The van der Waals surface area contributed by atoms with E-state index in [9.17, 15) is 0 Å². The monoisotopic (exact) mass is 267 g/mol. The molecule has 2 atom stereocenters. The quantitative estimate of drug-likeness (QED) is 0.612. The molecule has 11 heavy (non-hydrogen) atoms. The number of hydrogen-bond donors (Lipinski definition) is 1. The summed E-state index contributed by atoms with van der Waals surface area (Å²) in [5, 5.41) is 3.55. The van der Waals surface area contributed by atoms with Crippen molar-refractivity contribution >= 4 is 22.6 Å². The molecule has 0 aliphatic heterocycles. The molecule has 1 N–H and O–H groups in total. The smallest absolute Gasteiger partial charge is 0.00698 e. The lowest BCUT2D eigenvalue weighted by atomic mass is 9.87. The van der Waals surface area contributed by atoms with E-state index in [0.29, 0.717) is 0 Å². The largest absolute Gasteiger partial charge is 0.314 e. The predicted molar refractivity (Wildman–Crippen MR) is 58.3 cm³/mol. The third-order valence-electron chi connectivity index (χ3n) is 2.49. The van der Waals surface area contributed by atoms with Crippen molar-refractivity contribution in [3.05, 3.63) is 0 Å². The van der Waals surface area contributed by atoms with E-state index in [4.69, 9.17) is 0 Å². The Morgan fingerprint density at radius 3 is 2.91 bits per heavy atom. The summed E-state index contributed by atoms with van der Waals surface area (Å²) in [7, 11) is 0. The molecule has 2 heteroatoms. The van der Waals surface area contributed by atoms with Crippen LogP contribution in [0.2, 0.25) is 0 Å². The van der Waals surface area contributed by atoms with E-state index in [1.165, 1.54) is 30.1 Å². The fourth-order valence-electron chi connectivity index (χ4n) is 1.91. The first-order valence-electron chi connectivity index (χ1n) is 4.66. The van der Waals surface area contributed by atoms with E-state index in [1.807, 2.05) is 0 Å². The van der Waals surface area contributed by atoms with Crippen LogP contribution in [-0.4, -0.2) is 17.0 Å². The fraction of sp³-hybridized carbons (Fsp3) is 1.00. The number of halogens is 1. The maximum atomic E-state index is 3.55. The second kappa shape index (κ2) is 5.36. The second-order valence-corrected chi connectivity index (χ2v) is 4.32. The standard InChI is InChI=1S/C9H18IN/c1-2-11-9-5-3-4-8(6-9)7-10/h8-9,11H,2-7H2,1H3. The highest BCUT2D eigenvalue weighted by Gasteiger charge is 2.19. The summed E-state index contributed by atoms with van der Waals surface area (Å²) in [6, 6.07) is 0.827. The molecule has 0 heterocycles. The Morgan fingerprint density at radius 2 is 2.27 bits per heavy atom. The fourth-order valence-corrected chi connectivity index (χ4v) is 2.71. The van der Waals surface area contributed by atoms with Gasteiger partial charge in [0.05, 0.1) is 0 Å². The average molecular weight is 267 g/mol. The number of hydrogen-bond acceptors (Lipinski definition) is 1. The molecule has 1 saturated carbocycles. The molecule has 66 valence electrons. The molecule has 0 aromatic carbocycles. The van der Waals surface area contributed by atoms with Gasteiger partial charge in [-0.3, -0.25) is 0 Å². The van der Waals surface area contributed by atoms with E-state index in [0.717, 1.165) is 18.5 Å². The zero-order chi connectivity index (χ0) is 8.10. The van der Waals surface area contributed by atoms with Crippen molar-refractivity contribution in [1.82, 2.24) is 5.32 Å². The van der Waals surface area contributed by atoms with Gasteiger partial charge in [0.1, 0.15) is 0 Å². The molecule has 0 aromatic heterocycles. The summed E-state index contributed by atoms with van der Waals surface area (Å²) in [5.41, 5.74) is 0.